The van der Waals surface area contributed by atoms with Crippen LogP contribution in [0.4, 0.5) is 4.79 Å². The SMILES string of the molecule is COC1N=C(c2cccc(C3CC=CC(c4ccn5c(=O)c(CNCCN6CCNC6=O)cnc5c4)=C3Cl)c2)C=CC1CNC[C@@H]1CCC(=O)N1. The first kappa shape index (κ1) is 34.8. The molecular weight excluding hydrogens is 668 g/mol. The van der Waals surface area contributed by atoms with Gasteiger partial charge in [-0.2, -0.15) is 0 Å². The maximum atomic E-state index is 13.3. The summed E-state index contributed by atoms with van der Waals surface area (Å²) < 4.78 is 7.33. The quantitative estimate of drug-likeness (QED) is 0.200. The fraction of sp³-hybridized carbons (Fsp3) is 0.395. The van der Waals surface area contributed by atoms with Crippen molar-refractivity contribution in [1.29, 1.82) is 0 Å². The van der Waals surface area contributed by atoms with Crippen molar-refractivity contribution in [2.75, 3.05) is 46.4 Å². The van der Waals surface area contributed by atoms with Gasteiger partial charge in [0, 0.05) is 106 Å². The molecule has 1 aliphatic carbocycles. The molecule has 0 bridgehead atoms. The van der Waals surface area contributed by atoms with Crippen molar-refractivity contribution in [3.63, 3.8) is 0 Å². The number of pyridine rings is 1. The van der Waals surface area contributed by atoms with Gasteiger partial charge in [-0.15, -0.1) is 0 Å². The number of fused-ring (bicyclic) bond motifs is 1. The number of aliphatic imine (C=N–C) groups is 1. The summed E-state index contributed by atoms with van der Waals surface area (Å²) in [6.45, 7) is 4.31. The van der Waals surface area contributed by atoms with E-state index >= 15 is 0 Å². The van der Waals surface area contributed by atoms with Crippen LogP contribution < -0.4 is 26.8 Å². The van der Waals surface area contributed by atoms with Crippen molar-refractivity contribution in [3.05, 3.63) is 111 Å². The third kappa shape index (κ3) is 7.84. The van der Waals surface area contributed by atoms with Crippen LogP contribution in [-0.2, 0) is 16.1 Å². The highest BCUT2D eigenvalue weighted by Crippen LogP contribution is 2.40. The Labute approximate surface area is 301 Å². The Kier molecular flexibility index (Phi) is 10.7. The number of carbonyl (C=O) groups is 2. The summed E-state index contributed by atoms with van der Waals surface area (Å²) in [7, 11) is 1.68. The largest absolute Gasteiger partial charge is 0.359 e. The molecule has 4 atom stereocenters. The van der Waals surface area contributed by atoms with E-state index in [0.717, 1.165) is 52.4 Å². The van der Waals surface area contributed by atoms with Crippen LogP contribution in [0.25, 0.3) is 11.2 Å². The highest BCUT2D eigenvalue weighted by atomic mass is 35.5. The van der Waals surface area contributed by atoms with Crippen LogP contribution in [0.1, 0.15) is 47.4 Å². The number of aromatic nitrogens is 2. The summed E-state index contributed by atoms with van der Waals surface area (Å²) in [6, 6.07) is 12.3. The van der Waals surface area contributed by atoms with Gasteiger partial charge in [0.1, 0.15) is 5.65 Å². The van der Waals surface area contributed by atoms with Gasteiger partial charge in [-0.3, -0.25) is 19.0 Å². The van der Waals surface area contributed by atoms with Gasteiger partial charge in [0.05, 0.1) is 5.71 Å². The third-order valence-electron chi connectivity index (χ3n) is 9.95. The molecule has 3 unspecified atom stereocenters. The number of amides is 3. The number of hydrogen-bond acceptors (Lipinski definition) is 8. The van der Waals surface area contributed by atoms with Crippen molar-refractivity contribution < 1.29 is 14.3 Å². The predicted molar refractivity (Wildman–Crippen MR) is 198 cm³/mol. The number of hydrogen-bond donors (Lipinski definition) is 4. The summed E-state index contributed by atoms with van der Waals surface area (Å²) >= 11 is 7.17. The van der Waals surface area contributed by atoms with Crippen LogP contribution in [0.3, 0.4) is 0 Å². The number of ether oxygens (including phenoxy) is 1. The lowest BCUT2D eigenvalue weighted by molar-refractivity contribution is -0.119. The Morgan fingerprint density at radius 3 is 2.78 bits per heavy atom. The molecule has 51 heavy (non-hydrogen) atoms. The summed E-state index contributed by atoms with van der Waals surface area (Å²) in [5, 5.41) is 13.2. The van der Waals surface area contributed by atoms with E-state index in [0.29, 0.717) is 56.9 Å². The van der Waals surface area contributed by atoms with E-state index in [1.54, 1.807) is 28.8 Å². The topological polar surface area (TPSA) is 141 Å². The zero-order chi connectivity index (χ0) is 35.3. The second-order valence-corrected chi connectivity index (χ2v) is 13.7. The maximum absolute atomic E-state index is 13.3. The van der Waals surface area contributed by atoms with E-state index in [2.05, 4.69) is 62.7 Å². The van der Waals surface area contributed by atoms with E-state index < -0.39 is 0 Å². The van der Waals surface area contributed by atoms with Crippen molar-refractivity contribution in [2.45, 2.75) is 44.0 Å². The third-order valence-corrected chi connectivity index (χ3v) is 10.4. The van der Waals surface area contributed by atoms with Gasteiger partial charge in [-0.05, 0) is 53.8 Å². The molecule has 5 heterocycles. The molecule has 2 saturated heterocycles. The van der Waals surface area contributed by atoms with Crippen molar-refractivity contribution in [2.24, 2.45) is 10.9 Å². The molecule has 0 spiro atoms. The molecule has 266 valence electrons. The number of nitrogens with one attached hydrogen (secondary N) is 4. The smallest absolute Gasteiger partial charge is 0.317 e. The minimum absolute atomic E-state index is 0.0440. The van der Waals surface area contributed by atoms with Crippen LogP contribution >= 0.6 is 11.6 Å². The number of nitrogens with zero attached hydrogens (tertiary/aromatic N) is 4. The molecule has 0 radical (unpaired) electrons. The standard InChI is InChI=1S/C38H43ClN8O4/c1-51-36-27(20-41-23-29-9-11-34(48)44-29)8-10-32(45-36)26-5-2-4-24(18-26)30-6-3-7-31(35(30)39)25-12-15-47-33(19-25)43-22-28(37(47)49)21-40-13-16-46-17-14-42-38(46)50/h2-5,7-8,10,12,15,18-19,22,27,29-30,36,40-41H,6,9,11,13-14,16-17,20-21,23H2,1H3,(H,42,50)(H,44,48)/t27?,29-,30?,36?/m0/s1. The lowest BCUT2D eigenvalue weighted by atomic mass is 9.86. The summed E-state index contributed by atoms with van der Waals surface area (Å²) in [4.78, 5) is 47.8. The van der Waals surface area contributed by atoms with E-state index in [4.69, 9.17) is 21.3 Å². The number of methoxy groups -OCH3 is 1. The van der Waals surface area contributed by atoms with E-state index in [-0.39, 0.29) is 41.6 Å². The maximum Gasteiger partial charge on any atom is 0.317 e. The Hall–Kier alpha value is -4.62. The molecule has 3 aliphatic heterocycles. The molecule has 3 amide bonds. The first-order chi connectivity index (χ1) is 24.9. The number of allylic oxidation sites excluding steroid dienone is 5. The molecule has 0 saturated carbocycles. The average Bonchev–Trinajstić information content (AvgIpc) is 3.77. The molecule has 4 N–H and O–H groups in total. The number of urea groups is 1. The second kappa shape index (κ2) is 15.7. The van der Waals surface area contributed by atoms with Crippen LogP contribution in [0, 0.1) is 5.92 Å². The van der Waals surface area contributed by atoms with E-state index in [1.165, 1.54) is 0 Å². The summed E-state index contributed by atoms with van der Waals surface area (Å²) in [6.07, 6.45) is 13.6. The van der Waals surface area contributed by atoms with Crippen LogP contribution in [0.15, 0.2) is 87.9 Å². The average molecular weight is 711 g/mol. The van der Waals surface area contributed by atoms with Gasteiger partial charge in [0.2, 0.25) is 5.91 Å². The summed E-state index contributed by atoms with van der Waals surface area (Å²) in [5.74, 6) is 0.153. The minimum atomic E-state index is -0.321. The predicted octanol–water partition coefficient (Wildman–Crippen LogP) is 3.32. The van der Waals surface area contributed by atoms with E-state index in [1.807, 2.05) is 24.3 Å². The van der Waals surface area contributed by atoms with Gasteiger partial charge >= 0.3 is 6.03 Å². The molecule has 3 aromatic rings. The zero-order valence-corrected chi connectivity index (χ0v) is 29.4. The minimum Gasteiger partial charge on any atom is -0.359 e. The highest BCUT2D eigenvalue weighted by molar-refractivity contribution is 6.34. The number of rotatable bonds is 13. The summed E-state index contributed by atoms with van der Waals surface area (Å²) in [5.41, 5.74) is 5.68. The van der Waals surface area contributed by atoms with Crippen LogP contribution in [0.5, 0.6) is 0 Å². The molecule has 4 aliphatic rings. The monoisotopic (exact) mass is 710 g/mol. The van der Waals surface area contributed by atoms with Gasteiger partial charge < -0.3 is 30.9 Å². The lowest BCUT2D eigenvalue weighted by Gasteiger charge is -2.26. The van der Waals surface area contributed by atoms with Crippen LogP contribution in [0.2, 0.25) is 0 Å². The van der Waals surface area contributed by atoms with Gasteiger partial charge in [0.25, 0.3) is 5.56 Å². The normalized spacial score (nSPS) is 23.3. The Bertz CT molecular complexity index is 1990. The number of halogens is 1. The molecule has 12 nitrogen and oxygen atoms in total. The number of dihydropyridines is 1. The van der Waals surface area contributed by atoms with Crippen molar-refractivity contribution in [3.8, 4) is 0 Å². The molecule has 2 aromatic heterocycles. The van der Waals surface area contributed by atoms with Crippen molar-refractivity contribution >= 4 is 40.5 Å². The molecule has 1 aromatic carbocycles. The second-order valence-electron chi connectivity index (χ2n) is 13.3. The van der Waals surface area contributed by atoms with Gasteiger partial charge in [-0.25, -0.2) is 9.78 Å². The zero-order valence-electron chi connectivity index (χ0n) is 28.6. The van der Waals surface area contributed by atoms with Gasteiger partial charge in [-0.1, -0.05) is 48.0 Å². The first-order valence-electron chi connectivity index (χ1n) is 17.6. The van der Waals surface area contributed by atoms with Crippen molar-refractivity contribution in [1.82, 2.24) is 35.6 Å². The number of carbonyl (C=O) groups excluding carboxylic acids is 2. The molecule has 13 heteroatoms. The lowest BCUT2D eigenvalue weighted by Crippen LogP contribution is -2.40. The van der Waals surface area contributed by atoms with Crippen LogP contribution in [-0.4, -0.2) is 90.6 Å². The van der Waals surface area contributed by atoms with E-state index in [9.17, 15) is 14.4 Å². The van der Waals surface area contributed by atoms with Gasteiger partial charge in [0.15, 0.2) is 6.23 Å². The number of benzene rings is 1. The highest BCUT2D eigenvalue weighted by Gasteiger charge is 2.26. The molecule has 2 fully saturated rings. The Morgan fingerprint density at radius 2 is 1.98 bits per heavy atom. The molecule has 7 rings (SSSR count). The fourth-order valence-electron chi connectivity index (χ4n) is 7.09. The Morgan fingerprint density at radius 1 is 1.08 bits per heavy atom. The first-order valence-corrected chi connectivity index (χ1v) is 18.0. The molecular formula is C38H43ClN8O4. The fourth-order valence-corrected chi connectivity index (χ4v) is 7.48. The Balaban J connectivity index is 1.02.